The molecule has 2 N–H and O–H groups in total. The molecule has 0 saturated carbocycles. The Bertz CT molecular complexity index is 684. The van der Waals surface area contributed by atoms with Gasteiger partial charge in [0.05, 0.1) is 11.0 Å². The van der Waals surface area contributed by atoms with Gasteiger partial charge in [0.25, 0.3) is 5.69 Å². The molecular formula is C13H9F3N2O3. The third-order valence-corrected chi connectivity index (χ3v) is 2.72. The Morgan fingerprint density at radius 3 is 2.33 bits per heavy atom. The van der Waals surface area contributed by atoms with Gasteiger partial charge in [0.2, 0.25) is 0 Å². The summed E-state index contributed by atoms with van der Waals surface area (Å²) in [5, 5.41) is 22.3. The zero-order valence-electron chi connectivity index (χ0n) is 10.4. The average molecular weight is 298 g/mol. The molecule has 0 bridgehead atoms. The van der Waals surface area contributed by atoms with E-state index in [9.17, 15) is 23.3 Å². The molecule has 2 rings (SSSR count). The molecule has 0 saturated heterocycles. The number of hydrogen-bond donors (Lipinski definition) is 2. The molecule has 110 valence electrons. The Balaban J connectivity index is 2.22. The second-order valence-corrected chi connectivity index (χ2v) is 4.18. The summed E-state index contributed by atoms with van der Waals surface area (Å²) in [6.45, 7) is -0.138. The lowest BCUT2D eigenvalue weighted by Crippen LogP contribution is -2.04. The summed E-state index contributed by atoms with van der Waals surface area (Å²) in [4.78, 5) is 10.0. The number of benzene rings is 2. The lowest BCUT2D eigenvalue weighted by Gasteiger charge is -2.08. The summed E-state index contributed by atoms with van der Waals surface area (Å²) in [5.41, 5.74) is -0.355. The van der Waals surface area contributed by atoms with Crippen LogP contribution in [0.15, 0.2) is 30.3 Å². The van der Waals surface area contributed by atoms with E-state index in [1.54, 1.807) is 0 Å². The highest BCUT2D eigenvalue weighted by molar-refractivity contribution is 5.61. The van der Waals surface area contributed by atoms with Crippen molar-refractivity contribution in [2.24, 2.45) is 0 Å². The number of nitro groups is 1. The third-order valence-electron chi connectivity index (χ3n) is 2.72. The number of nitrogens with zero attached hydrogens (tertiary/aromatic N) is 1. The van der Waals surface area contributed by atoms with Crippen LogP contribution in [0, 0.1) is 27.6 Å². The Morgan fingerprint density at radius 2 is 1.76 bits per heavy atom. The van der Waals surface area contributed by atoms with Crippen LogP contribution < -0.4 is 5.32 Å². The van der Waals surface area contributed by atoms with E-state index in [0.717, 1.165) is 30.3 Å². The fraction of sp³-hybridized carbons (Fsp3) is 0.0769. The molecule has 0 atom stereocenters. The normalized spacial score (nSPS) is 10.4. The molecule has 0 aliphatic heterocycles. The first-order valence-corrected chi connectivity index (χ1v) is 5.73. The van der Waals surface area contributed by atoms with Crippen LogP contribution in [0.4, 0.5) is 24.5 Å². The van der Waals surface area contributed by atoms with Gasteiger partial charge in [-0.2, -0.15) is 0 Å². The first-order chi connectivity index (χ1) is 9.88. The van der Waals surface area contributed by atoms with Crippen molar-refractivity contribution >= 4 is 11.4 Å². The summed E-state index contributed by atoms with van der Waals surface area (Å²) in [7, 11) is 0. The van der Waals surface area contributed by atoms with Crippen LogP contribution in [0.5, 0.6) is 5.75 Å². The number of aromatic hydroxyl groups is 1. The Morgan fingerprint density at radius 1 is 1.14 bits per heavy atom. The van der Waals surface area contributed by atoms with Gasteiger partial charge in [-0.3, -0.25) is 10.1 Å². The van der Waals surface area contributed by atoms with Crippen molar-refractivity contribution in [1.82, 2.24) is 0 Å². The van der Waals surface area contributed by atoms with Crippen LogP contribution in [0.3, 0.4) is 0 Å². The highest BCUT2D eigenvalue weighted by Crippen LogP contribution is 2.26. The van der Waals surface area contributed by atoms with Crippen molar-refractivity contribution in [1.29, 1.82) is 0 Å². The molecule has 8 heteroatoms. The summed E-state index contributed by atoms with van der Waals surface area (Å²) in [6, 6.07) is 4.69. The number of hydrogen-bond acceptors (Lipinski definition) is 4. The molecule has 0 aliphatic rings. The van der Waals surface area contributed by atoms with Gasteiger partial charge in [0, 0.05) is 6.54 Å². The zero-order valence-corrected chi connectivity index (χ0v) is 10.4. The lowest BCUT2D eigenvalue weighted by molar-refractivity contribution is -0.384. The number of nitro benzene ring substituents is 1. The number of phenolic OH excluding ortho intramolecular Hbond substituents is 1. The summed E-state index contributed by atoms with van der Waals surface area (Å²) >= 11 is 0. The summed E-state index contributed by atoms with van der Waals surface area (Å²) < 4.78 is 39.3. The third kappa shape index (κ3) is 3.22. The van der Waals surface area contributed by atoms with Gasteiger partial charge in [0.15, 0.2) is 17.4 Å². The van der Waals surface area contributed by atoms with Crippen molar-refractivity contribution in [2.75, 3.05) is 5.32 Å². The number of anilines is 1. The van der Waals surface area contributed by atoms with Crippen LogP contribution >= 0.6 is 0 Å². The molecule has 2 aromatic rings. The van der Waals surface area contributed by atoms with Gasteiger partial charge in [-0.15, -0.1) is 0 Å². The second-order valence-electron chi connectivity index (χ2n) is 4.18. The maximum absolute atomic E-state index is 13.2. The van der Waals surface area contributed by atoms with Gasteiger partial charge in [0.1, 0.15) is 11.5 Å². The Labute approximate surface area is 116 Å². The van der Waals surface area contributed by atoms with E-state index in [-0.39, 0.29) is 17.8 Å². The van der Waals surface area contributed by atoms with Crippen molar-refractivity contribution < 1.29 is 23.2 Å². The minimum atomic E-state index is -1.14. The summed E-state index contributed by atoms with van der Waals surface area (Å²) in [6.07, 6.45) is 0. The minimum absolute atomic E-state index is 0.00953. The van der Waals surface area contributed by atoms with E-state index in [4.69, 9.17) is 5.11 Å². The molecule has 0 aromatic heterocycles. The summed E-state index contributed by atoms with van der Waals surface area (Å²) in [5.74, 6) is -4.14. The standard InChI is InChI=1S/C13H9F3N2O3/c14-8-1-2-11(12(5-8)18(20)21)17-6-7-3-9(15)13(19)10(16)4-7/h1-5,17,19H,6H2. The van der Waals surface area contributed by atoms with Crippen LogP contribution in [0.1, 0.15) is 5.56 Å². The Hall–Kier alpha value is -2.77. The van der Waals surface area contributed by atoms with E-state index in [1.165, 1.54) is 0 Å². The molecule has 21 heavy (non-hydrogen) atoms. The average Bonchev–Trinajstić information content (AvgIpc) is 2.43. The van der Waals surface area contributed by atoms with E-state index >= 15 is 0 Å². The fourth-order valence-electron chi connectivity index (χ4n) is 1.72. The van der Waals surface area contributed by atoms with Crippen molar-refractivity contribution in [3.8, 4) is 5.75 Å². The van der Waals surface area contributed by atoms with Gasteiger partial charge in [-0.25, -0.2) is 13.2 Å². The molecule has 0 heterocycles. The highest BCUT2D eigenvalue weighted by atomic mass is 19.1. The lowest BCUT2D eigenvalue weighted by atomic mass is 10.2. The molecule has 0 radical (unpaired) electrons. The maximum Gasteiger partial charge on any atom is 0.295 e. The smallest absolute Gasteiger partial charge is 0.295 e. The van der Waals surface area contributed by atoms with Crippen LogP contribution in [0.25, 0.3) is 0 Å². The predicted molar refractivity (Wildman–Crippen MR) is 68.4 cm³/mol. The van der Waals surface area contributed by atoms with Gasteiger partial charge >= 0.3 is 0 Å². The first kappa shape index (κ1) is 14.6. The molecule has 5 nitrogen and oxygen atoms in total. The SMILES string of the molecule is O=[N+]([O-])c1cc(F)ccc1NCc1cc(F)c(O)c(F)c1. The number of halogens is 3. The first-order valence-electron chi connectivity index (χ1n) is 5.73. The largest absolute Gasteiger partial charge is 0.503 e. The van der Waals surface area contributed by atoms with E-state index in [1.807, 2.05) is 0 Å². The topological polar surface area (TPSA) is 75.4 Å². The minimum Gasteiger partial charge on any atom is -0.503 e. The van der Waals surface area contributed by atoms with Gasteiger partial charge < -0.3 is 10.4 Å². The van der Waals surface area contributed by atoms with E-state index < -0.39 is 33.8 Å². The molecule has 2 aromatic carbocycles. The quantitative estimate of drug-likeness (QED) is 0.670. The molecule has 0 aliphatic carbocycles. The van der Waals surface area contributed by atoms with Crippen LogP contribution in [0.2, 0.25) is 0 Å². The molecule has 0 amide bonds. The van der Waals surface area contributed by atoms with Crippen molar-refractivity contribution in [3.05, 3.63) is 63.5 Å². The molecule has 0 unspecified atom stereocenters. The maximum atomic E-state index is 13.2. The second kappa shape index (κ2) is 5.70. The fourth-order valence-corrected chi connectivity index (χ4v) is 1.72. The number of rotatable bonds is 4. The molecular weight excluding hydrogens is 289 g/mol. The van der Waals surface area contributed by atoms with Gasteiger partial charge in [-0.1, -0.05) is 0 Å². The van der Waals surface area contributed by atoms with E-state index in [0.29, 0.717) is 0 Å². The molecule has 0 fully saturated rings. The number of phenols is 1. The van der Waals surface area contributed by atoms with E-state index in [2.05, 4.69) is 5.32 Å². The zero-order chi connectivity index (χ0) is 15.6. The van der Waals surface area contributed by atoms with Crippen molar-refractivity contribution in [2.45, 2.75) is 6.54 Å². The predicted octanol–water partition coefficient (Wildman–Crippen LogP) is 3.33. The highest BCUT2D eigenvalue weighted by Gasteiger charge is 2.15. The van der Waals surface area contributed by atoms with Crippen LogP contribution in [-0.4, -0.2) is 10.0 Å². The van der Waals surface area contributed by atoms with Crippen LogP contribution in [-0.2, 0) is 6.54 Å². The monoisotopic (exact) mass is 298 g/mol. The Kier molecular flexibility index (Phi) is 3.97. The van der Waals surface area contributed by atoms with Gasteiger partial charge in [-0.05, 0) is 29.8 Å². The van der Waals surface area contributed by atoms with Crippen molar-refractivity contribution in [3.63, 3.8) is 0 Å². The molecule has 0 spiro atoms. The number of nitrogens with one attached hydrogen (secondary N) is 1.